The van der Waals surface area contributed by atoms with Gasteiger partial charge in [0.05, 0.1) is 25.2 Å². The summed E-state index contributed by atoms with van der Waals surface area (Å²) < 4.78 is 37.8. The van der Waals surface area contributed by atoms with Crippen LogP contribution in [-0.4, -0.2) is 34.1 Å². The summed E-state index contributed by atoms with van der Waals surface area (Å²) in [5.41, 5.74) is 0.626. The van der Waals surface area contributed by atoms with Crippen molar-refractivity contribution in [1.29, 1.82) is 0 Å². The Hall–Kier alpha value is -2.58. The van der Waals surface area contributed by atoms with Crippen molar-refractivity contribution in [2.75, 3.05) is 14.2 Å². The first-order valence-corrected chi connectivity index (χ1v) is 10.6. The molecule has 0 saturated heterocycles. The molecular formula is C21H28N2O5S. The van der Waals surface area contributed by atoms with Crippen LogP contribution in [0.2, 0.25) is 0 Å². The van der Waals surface area contributed by atoms with Crippen LogP contribution in [0.3, 0.4) is 0 Å². The second kappa shape index (κ2) is 8.84. The van der Waals surface area contributed by atoms with E-state index < -0.39 is 15.6 Å². The number of nitrogens with one attached hydrogen (secondary N) is 2. The van der Waals surface area contributed by atoms with Gasteiger partial charge in [0.2, 0.25) is 10.0 Å². The Kier molecular flexibility index (Phi) is 6.92. The van der Waals surface area contributed by atoms with Crippen LogP contribution in [0, 0.1) is 0 Å². The molecule has 158 valence electrons. The summed E-state index contributed by atoms with van der Waals surface area (Å²) in [6.07, 6.45) is 0. The topological polar surface area (TPSA) is 93.7 Å². The Morgan fingerprint density at radius 1 is 0.966 bits per heavy atom. The Morgan fingerprint density at radius 3 is 2.07 bits per heavy atom. The molecule has 0 aliphatic rings. The molecule has 7 nitrogen and oxygen atoms in total. The zero-order chi connectivity index (χ0) is 21.8. The highest BCUT2D eigenvalue weighted by Crippen LogP contribution is 2.30. The minimum Gasteiger partial charge on any atom is -0.493 e. The van der Waals surface area contributed by atoms with Crippen LogP contribution in [0.5, 0.6) is 11.5 Å². The summed E-state index contributed by atoms with van der Waals surface area (Å²) in [6.45, 7) is 7.15. The van der Waals surface area contributed by atoms with E-state index in [1.54, 1.807) is 47.1 Å². The maximum atomic E-state index is 12.6. The second-order valence-corrected chi connectivity index (χ2v) is 9.37. The van der Waals surface area contributed by atoms with Gasteiger partial charge in [-0.15, -0.1) is 0 Å². The number of ether oxygens (including phenoxy) is 2. The monoisotopic (exact) mass is 420 g/mol. The Bertz CT molecular complexity index is 964. The summed E-state index contributed by atoms with van der Waals surface area (Å²) >= 11 is 0. The number of hydrogen-bond acceptors (Lipinski definition) is 5. The van der Waals surface area contributed by atoms with Gasteiger partial charge in [-0.3, -0.25) is 4.79 Å². The predicted molar refractivity (Wildman–Crippen MR) is 112 cm³/mol. The molecule has 1 amide bonds. The molecule has 1 unspecified atom stereocenters. The van der Waals surface area contributed by atoms with Crippen LogP contribution < -0.4 is 19.5 Å². The number of sulfonamides is 1. The maximum Gasteiger partial charge on any atom is 0.251 e. The highest BCUT2D eigenvalue weighted by atomic mass is 32.2. The number of carbonyl (C=O) groups is 1. The summed E-state index contributed by atoms with van der Waals surface area (Å²) in [4.78, 5) is 12.7. The van der Waals surface area contributed by atoms with Crippen molar-refractivity contribution in [2.24, 2.45) is 0 Å². The van der Waals surface area contributed by atoms with Crippen molar-refractivity contribution in [3.05, 3.63) is 53.6 Å². The normalized spacial score (nSPS) is 12.9. The first kappa shape index (κ1) is 22.7. The molecule has 0 aliphatic carbocycles. The average molecular weight is 421 g/mol. The van der Waals surface area contributed by atoms with Gasteiger partial charge >= 0.3 is 0 Å². The first-order valence-electron chi connectivity index (χ1n) is 9.13. The molecule has 0 spiro atoms. The van der Waals surface area contributed by atoms with Crippen LogP contribution in [-0.2, 0) is 10.0 Å². The Morgan fingerprint density at radius 2 is 1.55 bits per heavy atom. The van der Waals surface area contributed by atoms with Crippen molar-refractivity contribution in [3.63, 3.8) is 0 Å². The molecule has 0 radical (unpaired) electrons. The fraction of sp³-hybridized carbons (Fsp3) is 0.381. The lowest BCUT2D eigenvalue weighted by Crippen LogP contribution is -2.40. The molecule has 2 N–H and O–H groups in total. The van der Waals surface area contributed by atoms with Crippen molar-refractivity contribution in [2.45, 2.75) is 44.2 Å². The third-order valence-electron chi connectivity index (χ3n) is 4.12. The van der Waals surface area contributed by atoms with Gasteiger partial charge in [0.1, 0.15) is 0 Å². The number of benzene rings is 2. The van der Waals surface area contributed by atoms with Gasteiger partial charge < -0.3 is 14.8 Å². The third-order valence-corrected chi connectivity index (χ3v) is 5.90. The van der Waals surface area contributed by atoms with E-state index in [-0.39, 0.29) is 16.8 Å². The molecule has 0 saturated carbocycles. The highest BCUT2D eigenvalue weighted by molar-refractivity contribution is 7.89. The van der Waals surface area contributed by atoms with E-state index in [4.69, 9.17) is 9.47 Å². The SMILES string of the molecule is COc1ccc(C(C)NC(=O)c2ccc(S(=O)(=O)NC(C)(C)C)cc2)cc1OC. The smallest absolute Gasteiger partial charge is 0.251 e. The lowest BCUT2D eigenvalue weighted by atomic mass is 10.1. The van der Waals surface area contributed by atoms with E-state index in [2.05, 4.69) is 10.0 Å². The number of amides is 1. The molecule has 0 fully saturated rings. The zero-order valence-corrected chi connectivity index (χ0v) is 18.4. The summed E-state index contributed by atoms with van der Waals surface area (Å²) in [7, 11) is -0.539. The van der Waals surface area contributed by atoms with E-state index in [0.717, 1.165) is 5.56 Å². The maximum absolute atomic E-state index is 12.6. The van der Waals surface area contributed by atoms with E-state index in [9.17, 15) is 13.2 Å². The molecule has 1 atom stereocenters. The van der Waals surface area contributed by atoms with Crippen molar-refractivity contribution in [1.82, 2.24) is 10.0 Å². The highest BCUT2D eigenvalue weighted by Gasteiger charge is 2.22. The number of rotatable bonds is 7. The van der Waals surface area contributed by atoms with E-state index in [1.807, 2.05) is 13.0 Å². The third kappa shape index (κ3) is 5.95. The molecular weight excluding hydrogens is 392 g/mol. The second-order valence-electron chi connectivity index (χ2n) is 7.69. The molecule has 0 heterocycles. The molecule has 0 bridgehead atoms. The summed E-state index contributed by atoms with van der Waals surface area (Å²) in [5, 5.41) is 2.90. The molecule has 8 heteroatoms. The van der Waals surface area contributed by atoms with Gasteiger partial charge in [-0.2, -0.15) is 0 Å². The average Bonchev–Trinajstić information content (AvgIpc) is 2.65. The number of carbonyl (C=O) groups excluding carboxylic acids is 1. The Balaban J connectivity index is 2.13. The van der Waals surface area contributed by atoms with Crippen molar-refractivity contribution >= 4 is 15.9 Å². The van der Waals surface area contributed by atoms with E-state index in [0.29, 0.717) is 17.1 Å². The van der Waals surface area contributed by atoms with Crippen LogP contribution in [0.25, 0.3) is 0 Å². The fourth-order valence-electron chi connectivity index (χ4n) is 2.73. The number of hydrogen-bond donors (Lipinski definition) is 2. The fourth-order valence-corrected chi connectivity index (χ4v) is 4.15. The minimum absolute atomic E-state index is 0.108. The van der Waals surface area contributed by atoms with Gasteiger partial charge in [0.15, 0.2) is 11.5 Å². The standard InChI is InChI=1S/C21H28N2O5S/c1-14(16-9-12-18(27-5)19(13-16)28-6)22-20(24)15-7-10-17(11-8-15)29(25,26)23-21(2,3)4/h7-14,23H,1-6H3,(H,22,24). The van der Waals surface area contributed by atoms with E-state index in [1.165, 1.54) is 24.3 Å². The minimum atomic E-state index is -3.65. The molecule has 0 aromatic heterocycles. The van der Waals surface area contributed by atoms with Crippen LogP contribution >= 0.6 is 0 Å². The Labute approximate surface area is 172 Å². The van der Waals surface area contributed by atoms with Crippen molar-refractivity contribution < 1.29 is 22.7 Å². The first-order chi connectivity index (χ1) is 13.5. The summed E-state index contributed by atoms with van der Waals surface area (Å²) in [6, 6.07) is 11.0. The van der Waals surface area contributed by atoms with E-state index >= 15 is 0 Å². The van der Waals surface area contributed by atoms with Gasteiger partial charge in [-0.05, 0) is 69.7 Å². The van der Waals surface area contributed by atoms with Crippen molar-refractivity contribution in [3.8, 4) is 11.5 Å². The molecule has 2 rings (SSSR count). The predicted octanol–water partition coefficient (Wildman–Crippen LogP) is 3.27. The van der Waals surface area contributed by atoms with Crippen LogP contribution in [0.4, 0.5) is 0 Å². The van der Waals surface area contributed by atoms with Gasteiger partial charge in [0, 0.05) is 11.1 Å². The number of methoxy groups -OCH3 is 2. The van der Waals surface area contributed by atoms with Gasteiger partial charge in [-0.1, -0.05) is 6.07 Å². The van der Waals surface area contributed by atoms with Crippen LogP contribution in [0.15, 0.2) is 47.4 Å². The van der Waals surface area contributed by atoms with Gasteiger partial charge in [0.25, 0.3) is 5.91 Å². The van der Waals surface area contributed by atoms with Gasteiger partial charge in [-0.25, -0.2) is 13.1 Å². The largest absolute Gasteiger partial charge is 0.493 e. The molecule has 2 aromatic rings. The lowest BCUT2D eigenvalue weighted by Gasteiger charge is -2.20. The molecule has 0 aliphatic heterocycles. The van der Waals surface area contributed by atoms with Crippen LogP contribution in [0.1, 0.15) is 49.7 Å². The summed E-state index contributed by atoms with van der Waals surface area (Å²) in [5.74, 6) is 0.877. The molecule has 2 aromatic carbocycles. The molecule has 29 heavy (non-hydrogen) atoms. The lowest BCUT2D eigenvalue weighted by molar-refractivity contribution is 0.0939. The quantitative estimate of drug-likeness (QED) is 0.717. The zero-order valence-electron chi connectivity index (χ0n) is 17.6.